The number of fused-ring (bicyclic) bond motifs is 1. The van der Waals surface area contributed by atoms with Crippen molar-refractivity contribution in [2.45, 2.75) is 45.7 Å². The average Bonchev–Trinajstić information content (AvgIpc) is 3.09. The number of benzene rings is 2. The number of nitrogens with zero attached hydrogens (tertiary/aromatic N) is 4. The van der Waals surface area contributed by atoms with Crippen molar-refractivity contribution in [3.63, 3.8) is 0 Å². The van der Waals surface area contributed by atoms with Crippen molar-refractivity contribution in [1.29, 1.82) is 5.26 Å². The highest BCUT2D eigenvalue weighted by molar-refractivity contribution is 5.58. The summed E-state index contributed by atoms with van der Waals surface area (Å²) in [5, 5.41) is 9.37. The Morgan fingerprint density at radius 3 is 2.62 bits per heavy atom. The number of hydrogen-bond acceptors (Lipinski definition) is 3. The summed E-state index contributed by atoms with van der Waals surface area (Å²) in [6.07, 6.45) is 2.10. The van der Waals surface area contributed by atoms with E-state index in [1.807, 2.05) is 18.2 Å². The molecule has 4 rings (SSSR count). The minimum absolute atomic E-state index is 0.587. The molecular formula is C25H28N4. The third-order valence-corrected chi connectivity index (χ3v) is 6.22. The van der Waals surface area contributed by atoms with Crippen LogP contribution in [0.3, 0.4) is 0 Å². The van der Waals surface area contributed by atoms with Gasteiger partial charge in [0, 0.05) is 38.7 Å². The Balaban J connectivity index is 1.56. The molecule has 3 aromatic rings. The second kappa shape index (κ2) is 8.23. The van der Waals surface area contributed by atoms with Gasteiger partial charge < -0.3 is 4.57 Å². The molecule has 0 fully saturated rings. The van der Waals surface area contributed by atoms with Crippen LogP contribution in [0.15, 0.2) is 48.5 Å². The maximum atomic E-state index is 9.37. The predicted molar refractivity (Wildman–Crippen MR) is 116 cm³/mol. The molecule has 4 nitrogen and oxygen atoms in total. The molecule has 29 heavy (non-hydrogen) atoms. The van der Waals surface area contributed by atoms with E-state index in [9.17, 15) is 5.26 Å². The predicted octanol–water partition coefficient (Wildman–Crippen LogP) is 5.03. The number of hydrogen-bond donors (Lipinski definition) is 0. The zero-order valence-corrected chi connectivity index (χ0v) is 17.5. The molecule has 148 valence electrons. The Labute approximate surface area is 173 Å². The zero-order chi connectivity index (χ0) is 20.4. The monoisotopic (exact) mass is 384 g/mol. The third-order valence-electron chi connectivity index (χ3n) is 6.22. The molecule has 0 N–H and O–H groups in total. The molecule has 0 spiro atoms. The summed E-state index contributed by atoms with van der Waals surface area (Å²) in [6.45, 7) is 7.13. The summed E-state index contributed by atoms with van der Waals surface area (Å²) in [7, 11) is 2.12. The number of nitriles is 1. The van der Waals surface area contributed by atoms with Crippen molar-refractivity contribution >= 4 is 0 Å². The van der Waals surface area contributed by atoms with Crippen LogP contribution in [0.5, 0.6) is 0 Å². The first kappa shape index (κ1) is 19.4. The Morgan fingerprint density at radius 2 is 1.90 bits per heavy atom. The molecular weight excluding hydrogens is 356 g/mol. The maximum absolute atomic E-state index is 9.37. The quantitative estimate of drug-likeness (QED) is 0.620. The van der Waals surface area contributed by atoms with E-state index in [0.717, 1.165) is 49.4 Å². The van der Waals surface area contributed by atoms with Crippen molar-refractivity contribution in [2.24, 2.45) is 7.05 Å². The van der Waals surface area contributed by atoms with Gasteiger partial charge in [0.2, 0.25) is 0 Å². The molecule has 1 aliphatic rings. The van der Waals surface area contributed by atoms with Gasteiger partial charge in [-0.1, -0.05) is 56.3 Å². The van der Waals surface area contributed by atoms with Crippen molar-refractivity contribution in [2.75, 3.05) is 6.54 Å². The van der Waals surface area contributed by atoms with Crippen LogP contribution in [0.4, 0.5) is 0 Å². The average molecular weight is 385 g/mol. The fourth-order valence-corrected chi connectivity index (χ4v) is 4.14. The highest BCUT2D eigenvalue weighted by Crippen LogP contribution is 2.28. The molecule has 1 aliphatic heterocycles. The largest absolute Gasteiger partial charge is 0.330 e. The number of imidazole rings is 1. The van der Waals surface area contributed by atoms with Gasteiger partial charge in [0.15, 0.2) is 0 Å². The van der Waals surface area contributed by atoms with Crippen LogP contribution in [0.25, 0.3) is 11.4 Å². The van der Waals surface area contributed by atoms with Crippen molar-refractivity contribution in [3.8, 4) is 17.5 Å². The molecule has 4 heteroatoms. The Hall–Kier alpha value is -2.90. The highest BCUT2D eigenvalue weighted by Gasteiger charge is 2.23. The molecule has 0 radical (unpaired) electrons. The van der Waals surface area contributed by atoms with Crippen LogP contribution >= 0.6 is 0 Å². The van der Waals surface area contributed by atoms with Gasteiger partial charge in [-0.25, -0.2) is 4.98 Å². The summed E-state index contributed by atoms with van der Waals surface area (Å²) in [6, 6.07) is 19.1. The Bertz CT molecular complexity index is 1040. The first-order chi connectivity index (χ1) is 14.1. The van der Waals surface area contributed by atoms with Crippen LogP contribution < -0.4 is 0 Å². The van der Waals surface area contributed by atoms with Crippen LogP contribution in [-0.2, 0) is 26.6 Å². The van der Waals surface area contributed by atoms with Crippen molar-refractivity contribution in [1.82, 2.24) is 14.5 Å². The van der Waals surface area contributed by atoms with Crippen LogP contribution in [0, 0.1) is 11.3 Å². The van der Waals surface area contributed by atoms with Gasteiger partial charge in [0.05, 0.1) is 23.0 Å². The van der Waals surface area contributed by atoms with Crippen LogP contribution in [0.2, 0.25) is 0 Å². The van der Waals surface area contributed by atoms with Crippen LogP contribution in [0.1, 0.15) is 54.3 Å². The normalized spacial score (nSPS) is 15.0. The standard InChI is InChI=1S/C25H28N4/c1-4-18(2)19-9-11-20(12-10-19)25-27-23-13-14-29(17-24(23)28(25)3)16-22-8-6-5-7-21(22)15-26/h5-12,18H,4,13-14,16-17H2,1-3H3. The second-order valence-electron chi connectivity index (χ2n) is 8.05. The molecule has 1 atom stereocenters. The first-order valence-electron chi connectivity index (χ1n) is 10.5. The number of rotatable bonds is 5. The Kier molecular flexibility index (Phi) is 5.51. The lowest BCUT2D eigenvalue weighted by atomic mass is 9.97. The summed E-state index contributed by atoms with van der Waals surface area (Å²) in [4.78, 5) is 7.39. The van der Waals surface area contributed by atoms with Crippen molar-refractivity contribution < 1.29 is 0 Å². The van der Waals surface area contributed by atoms with Gasteiger partial charge >= 0.3 is 0 Å². The van der Waals surface area contributed by atoms with Gasteiger partial charge in [0.1, 0.15) is 5.82 Å². The van der Waals surface area contributed by atoms with Gasteiger partial charge in [-0.2, -0.15) is 5.26 Å². The van der Waals surface area contributed by atoms with E-state index >= 15 is 0 Å². The van der Waals surface area contributed by atoms with E-state index in [1.165, 1.54) is 22.5 Å². The molecule has 0 saturated heterocycles. The summed E-state index contributed by atoms with van der Waals surface area (Å²) in [5.74, 6) is 1.63. The van der Waals surface area contributed by atoms with E-state index in [4.69, 9.17) is 4.98 Å². The van der Waals surface area contributed by atoms with Crippen LogP contribution in [-0.4, -0.2) is 21.0 Å². The summed E-state index contributed by atoms with van der Waals surface area (Å²) in [5.41, 5.74) is 6.92. The second-order valence-corrected chi connectivity index (χ2v) is 8.05. The molecule has 0 bridgehead atoms. The van der Waals surface area contributed by atoms with Gasteiger partial charge in [-0.05, 0) is 29.5 Å². The molecule has 2 heterocycles. The smallest absolute Gasteiger partial charge is 0.140 e. The fraction of sp³-hybridized carbons (Fsp3) is 0.360. The van der Waals surface area contributed by atoms with Crippen molar-refractivity contribution in [3.05, 3.63) is 76.6 Å². The van der Waals surface area contributed by atoms with Gasteiger partial charge in [-0.15, -0.1) is 0 Å². The summed E-state index contributed by atoms with van der Waals surface area (Å²) < 4.78 is 2.25. The van der Waals surface area contributed by atoms with E-state index in [-0.39, 0.29) is 0 Å². The summed E-state index contributed by atoms with van der Waals surface area (Å²) >= 11 is 0. The molecule has 0 saturated carbocycles. The molecule has 0 amide bonds. The van der Waals surface area contributed by atoms with E-state index in [0.29, 0.717) is 5.92 Å². The lowest BCUT2D eigenvalue weighted by Crippen LogP contribution is -2.31. The molecule has 2 aromatic carbocycles. The fourth-order valence-electron chi connectivity index (χ4n) is 4.14. The van der Waals surface area contributed by atoms with E-state index < -0.39 is 0 Å². The van der Waals surface area contributed by atoms with E-state index in [2.05, 4.69) is 66.8 Å². The number of aromatic nitrogens is 2. The van der Waals surface area contributed by atoms with Gasteiger partial charge in [0.25, 0.3) is 0 Å². The first-order valence-corrected chi connectivity index (χ1v) is 10.5. The molecule has 1 aromatic heterocycles. The minimum atomic E-state index is 0.587. The Morgan fingerprint density at radius 1 is 1.14 bits per heavy atom. The van der Waals surface area contributed by atoms with Gasteiger partial charge in [-0.3, -0.25) is 4.90 Å². The minimum Gasteiger partial charge on any atom is -0.330 e. The molecule has 1 unspecified atom stereocenters. The maximum Gasteiger partial charge on any atom is 0.140 e. The van der Waals surface area contributed by atoms with E-state index in [1.54, 1.807) is 0 Å². The lowest BCUT2D eigenvalue weighted by molar-refractivity contribution is 0.238. The lowest BCUT2D eigenvalue weighted by Gasteiger charge is -2.27. The molecule has 0 aliphatic carbocycles. The third kappa shape index (κ3) is 3.83. The SMILES string of the molecule is CCC(C)c1ccc(-c2nc3c(n2C)CN(Cc2ccccc2C#N)CC3)cc1. The zero-order valence-electron chi connectivity index (χ0n) is 17.5. The topological polar surface area (TPSA) is 44.9 Å². The highest BCUT2D eigenvalue weighted by atomic mass is 15.2.